The molecule has 0 aliphatic carbocycles. The molecule has 2 aromatic rings. The normalized spacial score (nSPS) is 15.6. The van der Waals surface area contributed by atoms with E-state index in [1.54, 1.807) is 42.5 Å². The topological polar surface area (TPSA) is 75.7 Å². The number of amides is 4. The third-order valence-corrected chi connectivity index (χ3v) is 4.39. The summed E-state index contributed by atoms with van der Waals surface area (Å²) in [5.74, 6) is -0.818. The van der Waals surface area contributed by atoms with Crippen LogP contribution in [0.15, 0.2) is 60.7 Å². The highest BCUT2D eigenvalue weighted by Gasteiger charge is 2.36. The van der Waals surface area contributed by atoms with Gasteiger partial charge in [-0.2, -0.15) is 0 Å². The molecule has 6 heteroatoms. The highest BCUT2D eigenvalue weighted by Crippen LogP contribution is 2.24. The lowest BCUT2D eigenvalue weighted by Gasteiger charge is -2.26. The van der Waals surface area contributed by atoms with Gasteiger partial charge in [-0.15, -0.1) is 0 Å². The van der Waals surface area contributed by atoms with Crippen LogP contribution in [0.4, 0.5) is 10.5 Å². The third-order valence-electron chi connectivity index (χ3n) is 4.39. The Kier molecular flexibility index (Phi) is 5.40. The second kappa shape index (κ2) is 7.92. The molecule has 1 heterocycles. The molecule has 6 nitrogen and oxygen atoms in total. The number of hydrogen-bond donors (Lipinski definition) is 1. The van der Waals surface area contributed by atoms with Crippen LogP contribution in [0.5, 0.6) is 5.75 Å². The Morgan fingerprint density at radius 1 is 1.07 bits per heavy atom. The van der Waals surface area contributed by atoms with E-state index in [2.05, 4.69) is 11.9 Å². The molecule has 0 aromatic heterocycles. The summed E-state index contributed by atoms with van der Waals surface area (Å²) in [6.07, 6.45) is 3.06. The Labute approximate surface area is 163 Å². The Hall–Kier alpha value is -3.67. The predicted molar refractivity (Wildman–Crippen MR) is 107 cm³/mol. The Morgan fingerprint density at radius 2 is 1.86 bits per heavy atom. The zero-order valence-electron chi connectivity index (χ0n) is 15.7. The number of nitrogens with one attached hydrogen (secondary N) is 1. The van der Waals surface area contributed by atoms with E-state index in [1.807, 2.05) is 19.9 Å². The van der Waals surface area contributed by atoms with Crippen molar-refractivity contribution in [2.75, 3.05) is 11.5 Å². The van der Waals surface area contributed by atoms with Gasteiger partial charge in [0.25, 0.3) is 11.8 Å². The number of benzene rings is 2. The number of barbiturate groups is 1. The molecule has 1 saturated heterocycles. The SMILES string of the molecule is C=CCOc1cccc(/C=C2/C(=O)NC(=O)N(c3ccc(C)c(C)c3)C2=O)c1. The van der Waals surface area contributed by atoms with Crippen LogP contribution in [-0.2, 0) is 9.59 Å². The van der Waals surface area contributed by atoms with Gasteiger partial charge in [0.15, 0.2) is 0 Å². The first kappa shape index (κ1) is 19.1. The number of urea groups is 1. The lowest BCUT2D eigenvalue weighted by Crippen LogP contribution is -2.54. The number of rotatable bonds is 5. The van der Waals surface area contributed by atoms with Gasteiger partial charge in [0.1, 0.15) is 17.9 Å². The van der Waals surface area contributed by atoms with Gasteiger partial charge in [0.2, 0.25) is 0 Å². The molecule has 0 radical (unpaired) electrons. The van der Waals surface area contributed by atoms with Crippen molar-refractivity contribution in [3.05, 3.63) is 77.4 Å². The summed E-state index contributed by atoms with van der Waals surface area (Å²) in [5.41, 5.74) is 2.87. The highest BCUT2D eigenvalue weighted by molar-refractivity contribution is 6.39. The molecule has 3 rings (SSSR count). The number of anilines is 1. The summed E-state index contributed by atoms with van der Waals surface area (Å²) >= 11 is 0. The second-order valence-corrected chi connectivity index (χ2v) is 6.40. The van der Waals surface area contributed by atoms with Crippen LogP contribution in [0, 0.1) is 13.8 Å². The summed E-state index contributed by atoms with van der Waals surface area (Å²) < 4.78 is 5.47. The van der Waals surface area contributed by atoms with Gasteiger partial charge in [-0.25, -0.2) is 9.69 Å². The zero-order chi connectivity index (χ0) is 20.3. The molecule has 0 unspecified atom stereocenters. The molecule has 0 spiro atoms. The van der Waals surface area contributed by atoms with Crippen LogP contribution in [0.2, 0.25) is 0 Å². The van der Waals surface area contributed by atoms with Crippen molar-refractivity contribution in [1.82, 2.24) is 5.32 Å². The van der Waals surface area contributed by atoms with Crippen LogP contribution in [0.25, 0.3) is 6.08 Å². The van der Waals surface area contributed by atoms with E-state index in [4.69, 9.17) is 4.74 Å². The zero-order valence-corrected chi connectivity index (χ0v) is 15.7. The lowest BCUT2D eigenvalue weighted by atomic mass is 10.0. The van der Waals surface area contributed by atoms with E-state index in [-0.39, 0.29) is 5.57 Å². The quantitative estimate of drug-likeness (QED) is 0.492. The van der Waals surface area contributed by atoms with Gasteiger partial charge in [0, 0.05) is 0 Å². The minimum atomic E-state index is -0.765. The van der Waals surface area contributed by atoms with Gasteiger partial charge in [-0.05, 0) is 60.9 Å². The lowest BCUT2D eigenvalue weighted by molar-refractivity contribution is -0.122. The number of hydrogen-bond acceptors (Lipinski definition) is 4. The maximum atomic E-state index is 12.9. The van der Waals surface area contributed by atoms with E-state index >= 15 is 0 Å². The van der Waals surface area contributed by atoms with Crippen LogP contribution in [0.1, 0.15) is 16.7 Å². The van der Waals surface area contributed by atoms with Crippen molar-refractivity contribution < 1.29 is 19.1 Å². The van der Waals surface area contributed by atoms with Crippen molar-refractivity contribution in [1.29, 1.82) is 0 Å². The van der Waals surface area contributed by atoms with E-state index < -0.39 is 17.8 Å². The van der Waals surface area contributed by atoms with Gasteiger partial charge in [-0.3, -0.25) is 14.9 Å². The fourth-order valence-corrected chi connectivity index (χ4v) is 2.77. The minimum Gasteiger partial charge on any atom is -0.490 e. The molecule has 1 aliphatic heterocycles. The third kappa shape index (κ3) is 3.86. The molecule has 2 aromatic carbocycles. The standard InChI is InChI=1S/C22H20N2O4/c1-4-10-28-18-7-5-6-16(12-18)13-19-20(25)23-22(27)24(21(19)26)17-9-8-14(2)15(3)11-17/h4-9,11-13H,1,10H2,2-3H3,(H,23,25,27)/b19-13-. The number of ether oxygens (including phenoxy) is 1. The average molecular weight is 376 g/mol. The number of nitrogens with zero attached hydrogens (tertiary/aromatic N) is 1. The van der Waals surface area contributed by atoms with Crippen LogP contribution >= 0.6 is 0 Å². The predicted octanol–water partition coefficient (Wildman–Crippen LogP) is 3.53. The molecule has 0 atom stereocenters. The minimum absolute atomic E-state index is 0.126. The summed E-state index contributed by atoms with van der Waals surface area (Å²) in [7, 11) is 0. The maximum absolute atomic E-state index is 12.9. The van der Waals surface area contributed by atoms with Gasteiger partial charge in [0.05, 0.1) is 5.69 Å². The van der Waals surface area contributed by atoms with E-state index in [0.29, 0.717) is 23.6 Å². The number of imide groups is 2. The van der Waals surface area contributed by atoms with Crippen molar-refractivity contribution in [2.24, 2.45) is 0 Å². The largest absolute Gasteiger partial charge is 0.490 e. The fraction of sp³-hybridized carbons (Fsp3) is 0.136. The summed E-state index contributed by atoms with van der Waals surface area (Å²) in [4.78, 5) is 38.5. The van der Waals surface area contributed by atoms with Crippen LogP contribution in [0.3, 0.4) is 0 Å². The van der Waals surface area contributed by atoms with Crippen molar-refractivity contribution in [3.8, 4) is 5.75 Å². The first-order valence-corrected chi connectivity index (χ1v) is 8.73. The first-order valence-electron chi connectivity index (χ1n) is 8.73. The average Bonchev–Trinajstić information content (AvgIpc) is 2.66. The number of carbonyl (C=O) groups is 3. The van der Waals surface area contributed by atoms with Crippen molar-refractivity contribution >= 4 is 29.6 Å². The molecule has 0 bridgehead atoms. The monoisotopic (exact) mass is 376 g/mol. The molecule has 1 aliphatic rings. The van der Waals surface area contributed by atoms with Crippen molar-refractivity contribution in [3.63, 3.8) is 0 Å². The maximum Gasteiger partial charge on any atom is 0.335 e. The Bertz CT molecular complexity index is 1010. The van der Waals surface area contributed by atoms with Gasteiger partial charge >= 0.3 is 6.03 Å². The molecular formula is C22H20N2O4. The molecule has 1 N–H and O–H groups in total. The van der Waals surface area contributed by atoms with E-state index in [0.717, 1.165) is 16.0 Å². The molecule has 142 valence electrons. The number of carbonyl (C=O) groups excluding carboxylic acids is 3. The smallest absolute Gasteiger partial charge is 0.335 e. The molecule has 1 fully saturated rings. The Balaban J connectivity index is 1.96. The van der Waals surface area contributed by atoms with Crippen LogP contribution in [-0.4, -0.2) is 24.5 Å². The molecular weight excluding hydrogens is 356 g/mol. The highest BCUT2D eigenvalue weighted by atomic mass is 16.5. The van der Waals surface area contributed by atoms with Gasteiger partial charge < -0.3 is 4.74 Å². The van der Waals surface area contributed by atoms with E-state index in [1.165, 1.54) is 6.08 Å². The van der Waals surface area contributed by atoms with Crippen molar-refractivity contribution in [2.45, 2.75) is 13.8 Å². The Morgan fingerprint density at radius 3 is 2.57 bits per heavy atom. The van der Waals surface area contributed by atoms with E-state index in [9.17, 15) is 14.4 Å². The summed E-state index contributed by atoms with van der Waals surface area (Å²) in [6.45, 7) is 7.77. The molecule has 28 heavy (non-hydrogen) atoms. The summed E-state index contributed by atoms with van der Waals surface area (Å²) in [6, 6.07) is 11.4. The number of aryl methyl sites for hydroxylation is 2. The van der Waals surface area contributed by atoms with Gasteiger partial charge in [-0.1, -0.05) is 30.9 Å². The summed E-state index contributed by atoms with van der Waals surface area (Å²) in [5, 5.41) is 2.23. The fourth-order valence-electron chi connectivity index (χ4n) is 2.77. The molecule has 0 saturated carbocycles. The molecule has 4 amide bonds. The van der Waals surface area contributed by atoms with Crippen LogP contribution < -0.4 is 15.0 Å². The first-order chi connectivity index (χ1) is 13.4. The second-order valence-electron chi connectivity index (χ2n) is 6.40.